The number of methoxy groups -OCH3 is 1. The molecule has 0 unspecified atom stereocenters. The number of amides is 1. The van der Waals surface area contributed by atoms with Crippen LogP contribution >= 0.6 is 0 Å². The Morgan fingerprint density at radius 2 is 1.67 bits per heavy atom. The lowest BCUT2D eigenvalue weighted by atomic mass is 10.2. The number of rotatable bonds is 12. The summed E-state index contributed by atoms with van der Waals surface area (Å²) in [6, 6.07) is 14.5. The zero-order valence-corrected chi connectivity index (χ0v) is 16.2. The summed E-state index contributed by atoms with van der Waals surface area (Å²) in [6.45, 7) is 3.89. The molecule has 0 saturated heterocycles. The highest BCUT2D eigenvalue weighted by molar-refractivity contribution is 6.04. The molecule has 0 spiro atoms. The van der Waals surface area contributed by atoms with E-state index >= 15 is 0 Å². The van der Waals surface area contributed by atoms with Gasteiger partial charge in [0.05, 0.1) is 13.2 Å². The molecule has 2 aromatic carbocycles. The molecule has 5 heteroatoms. The molecular weight excluding hydrogens is 342 g/mol. The highest BCUT2D eigenvalue weighted by Crippen LogP contribution is 2.19. The summed E-state index contributed by atoms with van der Waals surface area (Å²) in [4.78, 5) is 12.4. The molecular formula is C22H29NO4. The Hall–Kier alpha value is -2.53. The summed E-state index contributed by atoms with van der Waals surface area (Å²) >= 11 is 0. The SMILES string of the molecule is CCCCCCOc1cccc(NC(=O)c2ccc(OCCOC)cc2)c1. The molecule has 5 nitrogen and oxygen atoms in total. The Bertz CT molecular complexity index is 685. The number of hydrogen-bond acceptors (Lipinski definition) is 4. The smallest absolute Gasteiger partial charge is 0.255 e. The highest BCUT2D eigenvalue weighted by Gasteiger charge is 2.07. The molecule has 0 bridgehead atoms. The number of carbonyl (C=O) groups excluding carboxylic acids is 1. The van der Waals surface area contributed by atoms with Crippen LogP contribution in [-0.4, -0.2) is 32.8 Å². The van der Waals surface area contributed by atoms with Gasteiger partial charge in [-0.25, -0.2) is 0 Å². The van der Waals surface area contributed by atoms with E-state index in [0.29, 0.717) is 36.8 Å². The number of unbranched alkanes of at least 4 members (excludes halogenated alkanes) is 3. The normalized spacial score (nSPS) is 10.4. The molecule has 0 fully saturated rings. The number of hydrogen-bond donors (Lipinski definition) is 1. The first-order valence-electron chi connectivity index (χ1n) is 9.49. The van der Waals surface area contributed by atoms with Crippen LogP contribution in [0.25, 0.3) is 0 Å². The van der Waals surface area contributed by atoms with Gasteiger partial charge < -0.3 is 19.5 Å². The van der Waals surface area contributed by atoms with Crippen LogP contribution in [-0.2, 0) is 4.74 Å². The van der Waals surface area contributed by atoms with Crippen LogP contribution in [0.1, 0.15) is 43.0 Å². The average molecular weight is 371 g/mol. The first-order chi connectivity index (χ1) is 13.2. The minimum absolute atomic E-state index is 0.168. The second-order valence-electron chi connectivity index (χ2n) is 6.26. The van der Waals surface area contributed by atoms with Gasteiger partial charge in [-0.1, -0.05) is 32.3 Å². The number of carbonyl (C=O) groups is 1. The zero-order valence-electron chi connectivity index (χ0n) is 16.2. The topological polar surface area (TPSA) is 56.8 Å². The third-order valence-electron chi connectivity index (χ3n) is 4.03. The fourth-order valence-electron chi connectivity index (χ4n) is 2.53. The summed E-state index contributed by atoms with van der Waals surface area (Å²) in [5.74, 6) is 1.31. The highest BCUT2D eigenvalue weighted by atomic mass is 16.5. The minimum atomic E-state index is -0.168. The Balaban J connectivity index is 1.85. The predicted molar refractivity (Wildman–Crippen MR) is 108 cm³/mol. The predicted octanol–water partition coefficient (Wildman–Crippen LogP) is 4.92. The van der Waals surface area contributed by atoms with Gasteiger partial charge in [-0.2, -0.15) is 0 Å². The summed E-state index contributed by atoms with van der Waals surface area (Å²) in [5.41, 5.74) is 1.28. The summed E-state index contributed by atoms with van der Waals surface area (Å²) < 4.78 is 16.2. The van der Waals surface area contributed by atoms with Crippen molar-refractivity contribution in [3.8, 4) is 11.5 Å². The van der Waals surface area contributed by atoms with Gasteiger partial charge in [-0.15, -0.1) is 0 Å². The van der Waals surface area contributed by atoms with Crippen LogP contribution in [0.2, 0.25) is 0 Å². The molecule has 0 aliphatic rings. The molecule has 0 saturated carbocycles. The molecule has 0 atom stereocenters. The van der Waals surface area contributed by atoms with E-state index in [4.69, 9.17) is 14.2 Å². The van der Waals surface area contributed by atoms with Gasteiger partial charge >= 0.3 is 0 Å². The number of anilines is 1. The lowest BCUT2D eigenvalue weighted by Gasteiger charge is -2.10. The van der Waals surface area contributed by atoms with Crippen LogP contribution in [0.5, 0.6) is 11.5 Å². The molecule has 1 amide bonds. The van der Waals surface area contributed by atoms with Crippen molar-refractivity contribution in [1.29, 1.82) is 0 Å². The van der Waals surface area contributed by atoms with Gasteiger partial charge in [0.15, 0.2) is 0 Å². The summed E-state index contributed by atoms with van der Waals surface area (Å²) in [6.07, 6.45) is 4.67. The van der Waals surface area contributed by atoms with Crippen molar-refractivity contribution in [1.82, 2.24) is 0 Å². The largest absolute Gasteiger partial charge is 0.494 e. The monoisotopic (exact) mass is 371 g/mol. The number of nitrogens with one attached hydrogen (secondary N) is 1. The maximum Gasteiger partial charge on any atom is 0.255 e. The molecule has 1 N–H and O–H groups in total. The van der Waals surface area contributed by atoms with Crippen molar-refractivity contribution < 1.29 is 19.0 Å². The molecule has 2 aromatic rings. The van der Waals surface area contributed by atoms with Crippen molar-refractivity contribution in [3.05, 3.63) is 54.1 Å². The third-order valence-corrected chi connectivity index (χ3v) is 4.03. The van der Waals surface area contributed by atoms with Gasteiger partial charge in [0.25, 0.3) is 5.91 Å². The third kappa shape index (κ3) is 7.71. The Kier molecular flexibility index (Phi) is 9.21. The van der Waals surface area contributed by atoms with E-state index in [0.717, 1.165) is 12.2 Å². The maximum atomic E-state index is 12.4. The molecule has 2 rings (SSSR count). The van der Waals surface area contributed by atoms with E-state index in [1.807, 2.05) is 24.3 Å². The van der Waals surface area contributed by atoms with Gasteiger partial charge in [0.2, 0.25) is 0 Å². The van der Waals surface area contributed by atoms with E-state index in [1.54, 1.807) is 31.4 Å². The molecule has 27 heavy (non-hydrogen) atoms. The van der Waals surface area contributed by atoms with Crippen molar-refractivity contribution in [3.63, 3.8) is 0 Å². The van der Waals surface area contributed by atoms with E-state index in [-0.39, 0.29) is 5.91 Å². The molecule has 0 aromatic heterocycles. The van der Waals surface area contributed by atoms with Crippen LogP contribution < -0.4 is 14.8 Å². The standard InChI is InChI=1S/C22H29NO4/c1-3-4-5-6-14-26-21-9-7-8-19(17-21)23-22(24)18-10-12-20(13-11-18)27-16-15-25-2/h7-13,17H,3-6,14-16H2,1-2H3,(H,23,24). The molecule has 0 aliphatic heterocycles. The number of benzene rings is 2. The van der Waals surface area contributed by atoms with Crippen molar-refractivity contribution in [2.24, 2.45) is 0 Å². The minimum Gasteiger partial charge on any atom is -0.494 e. The van der Waals surface area contributed by atoms with Crippen molar-refractivity contribution >= 4 is 11.6 Å². The van der Waals surface area contributed by atoms with Crippen LogP contribution in [0.15, 0.2) is 48.5 Å². The van der Waals surface area contributed by atoms with Gasteiger partial charge in [0.1, 0.15) is 18.1 Å². The van der Waals surface area contributed by atoms with E-state index in [2.05, 4.69) is 12.2 Å². The summed E-state index contributed by atoms with van der Waals surface area (Å²) in [5, 5.41) is 2.90. The van der Waals surface area contributed by atoms with Gasteiger partial charge in [0, 0.05) is 24.4 Å². The zero-order chi connectivity index (χ0) is 19.3. The van der Waals surface area contributed by atoms with Gasteiger partial charge in [-0.3, -0.25) is 4.79 Å². The van der Waals surface area contributed by atoms with E-state index in [9.17, 15) is 4.79 Å². The van der Waals surface area contributed by atoms with Crippen molar-refractivity contribution in [2.45, 2.75) is 32.6 Å². The van der Waals surface area contributed by atoms with Crippen LogP contribution in [0.4, 0.5) is 5.69 Å². The first-order valence-corrected chi connectivity index (χ1v) is 9.49. The van der Waals surface area contributed by atoms with Crippen LogP contribution in [0.3, 0.4) is 0 Å². The molecule has 0 radical (unpaired) electrons. The van der Waals surface area contributed by atoms with E-state index < -0.39 is 0 Å². The Labute approximate surface area is 161 Å². The second-order valence-corrected chi connectivity index (χ2v) is 6.26. The lowest BCUT2D eigenvalue weighted by molar-refractivity contribution is 0.102. The Morgan fingerprint density at radius 1 is 0.889 bits per heavy atom. The summed E-state index contributed by atoms with van der Waals surface area (Å²) in [7, 11) is 1.63. The lowest BCUT2D eigenvalue weighted by Crippen LogP contribution is -2.12. The average Bonchev–Trinajstić information content (AvgIpc) is 2.69. The molecule has 0 heterocycles. The number of ether oxygens (including phenoxy) is 3. The molecule has 0 aliphatic carbocycles. The Morgan fingerprint density at radius 3 is 2.41 bits per heavy atom. The van der Waals surface area contributed by atoms with Crippen molar-refractivity contribution in [2.75, 3.05) is 32.2 Å². The second kappa shape index (κ2) is 12.0. The van der Waals surface area contributed by atoms with Gasteiger partial charge in [-0.05, 0) is 42.8 Å². The first kappa shape index (κ1) is 20.8. The quantitative estimate of drug-likeness (QED) is 0.538. The van der Waals surface area contributed by atoms with E-state index in [1.165, 1.54) is 19.3 Å². The molecule has 146 valence electrons. The maximum absolute atomic E-state index is 12.4. The fourth-order valence-corrected chi connectivity index (χ4v) is 2.53. The fraction of sp³-hybridized carbons (Fsp3) is 0.409. The van der Waals surface area contributed by atoms with Crippen LogP contribution in [0, 0.1) is 0 Å².